The maximum Gasteiger partial charge on any atom is 0.351 e. The first kappa shape index (κ1) is 13.2. The lowest BCUT2D eigenvalue weighted by Gasteiger charge is -2.41. The Morgan fingerprint density at radius 3 is 2.50 bits per heavy atom. The average Bonchev–Trinajstić information content (AvgIpc) is 2.47. The highest BCUT2D eigenvalue weighted by Crippen LogP contribution is 2.52. The normalized spacial score (nSPS) is 46.1. The van der Waals surface area contributed by atoms with Crippen LogP contribution in [0.15, 0.2) is 0 Å². The maximum absolute atomic E-state index is 12.7. The van der Waals surface area contributed by atoms with Gasteiger partial charge in [0.25, 0.3) is 0 Å². The number of halogens is 2. The van der Waals surface area contributed by atoms with Crippen LogP contribution in [0.3, 0.4) is 0 Å². The van der Waals surface area contributed by atoms with Crippen LogP contribution in [0.5, 0.6) is 0 Å². The molecule has 0 radical (unpaired) electrons. The van der Waals surface area contributed by atoms with Crippen molar-refractivity contribution >= 4 is 29.5 Å². The van der Waals surface area contributed by atoms with Crippen LogP contribution in [0, 0.1) is 0 Å². The lowest BCUT2D eigenvalue weighted by Crippen LogP contribution is -2.59. The number of quaternary nitrogens is 1. The number of carbonyl (C=O) groups is 1. The standard InChI is InChI=1S/C13H21Cl2N2O/c14-16-11-7-3-1-4-8-13(16)9-5-2-6-10-17(13,15)12(11)18/h11H,1-10H2/q+1. The molecule has 3 aliphatic rings. The van der Waals surface area contributed by atoms with Gasteiger partial charge in [0.05, 0.1) is 0 Å². The second kappa shape index (κ2) is 4.62. The number of amides is 1. The zero-order valence-electron chi connectivity index (χ0n) is 10.7. The Morgan fingerprint density at radius 1 is 1.11 bits per heavy atom. The summed E-state index contributed by atoms with van der Waals surface area (Å²) in [6, 6.07) is -0.164. The van der Waals surface area contributed by atoms with Crippen LogP contribution >= 0.6 is 23.6 Å². The van der Waals surface area contributed by atoms with Crippen molar-refractivity contribution in [2.24, 2.45) is 0 Å². The van der Waals surface area contributed by atoms with Gasteiger partial charge in [-0.3, -0.25) is 0 Å². The van der Waals surface area contributed by atoms with E-state index in [-0.39, 0.29) is 21.6 Å². The topological polar surface area (TPSA) is 20.3 Å². The molecule has 1 amide bonds. The Labute approximate surface area is 119 Å². The van der Waals surface area contributed by atoms with Crippen LogP contribution in [0.4, 0.5) is 0 Å². The summed E-state index contributed by atoms with van der Waals surface area (Å²) in [5, 5.41) is 0. The molecule has 1 spiro atoms. The molecule has 3 atom stereocenters. The molecule has 3 heterocycles. The predicted octanol–water partition coefficient (Wildman–Crippen LogP) is 3.56. The van der Waals surface area contributed by atoms with E-state index in [9.17, 15) is 4.79 Å². The maximum atomic E-state index is 12.7. The van der Waals surface area contributed by atoms with Crippen molar-refractivity contribution in [1.29, 1.82) is 0 Å². The summed E-state index contributed by atoms with van der Waals surface area (Å²) in [6.07, 6.45) is 9.55. The van der Waals surface area contributed by atoms with E-state index in [0.717, 1.165) is 57.9 Å². The molecule has 0 aromatic carbocycles. The third kappa shape index (κ3) is 1.60. The van der Waals surface area contributed by atoms with Gasteiger partial charge in [0.2, 0.25) is 0 Å². The molecule has 5 heteroatoms. The predicted molar refractivity (Wildman–Crippen MR) is 71.8 cm³/mol. The van der Waals surface area contributed by atoms with Gasteiger partial charge in [-0.25, -0.2) is 4.79 Å². The van der Waals surface area contributed by atoms with E-state index in [1.165, 1.54) is 6.42 Å². The third-order valence-corrected chi connectivity index (χ3v) is 6.26. The Balaban J connectivity index is 2.07. The lowest BCUT2D eigenvalue weighted by molar-refractivity contribution is -0.798. The van der Waals surface area contributed by atoms with Crippen LogP contribution in [0.1, 0.15) is 57.8 Å². The van der Waals surface area contributed by atoms with Gasteiger partial charge in [0, 0.05) is 12.8 Å². The van der Waals surface area contributed by atoms with Crippen LogP contribution in [0.2, 0.25) is 0 Å². The number of rotatable bonds is 0. The highest BCUT2D eigenvalue weighted by atomic mass is 35.5. The van der Waals surface area contributed by atoms with E-state index in [1.54, 1.807) is 0 Å². The smallest absolute Gasteiger partial charge is 0.227 e. The largest absolute Gasteiger partial charge is 0.351 e. The van der Waals surface area contributed by atoms with E-state index < -0.39 is 0 Å². The van der Waals surface area contributed by atoms with Gasteiger partial charge >= 0.3 is 5.91 Å². The first-order valence-corrected chi connectivity index (χ1v) is 7.87. The van der Waals surface area contributed by atoms with Gasteiger partial charge < -0.3 is 0 Å². The van der Waals surface area contributed by atoms with E-state index in [4.69, 9.17) is 23.6 Å². The van der Waals surface area contributed by atoms with Crippen LogP contribution in [-0.2, 0) is 4.79 Å². The van der Waals surface area contributed by atoms with Gasteiger partial charge in [-0.1, -0.05) is 12.8 Å². The highest BCUT2D eigenvalue weighted by molar-refractivity contribution is 6.19. The number of hydrogen-bond donors (Lipinski definition) is 0. The quantitative estimate of drug-likeness (QED) is 0.636. The summed E-state index contributed by atoms with van der Waals surface area (Å²) in [7, 11) is 0. The molecule has 18 heavy (non-hydrogen) atoms. The molecule has 3 aliphatic heterocycles. The summed E-state index contributed by atoms with van der Waals surface area (Å²) in [5.74, 6) is 0.149. The van der Waals surface area contributed by atoms with Gasteiger partial charge in [-0.15, -0.1) is 8.42 Å². The molecule has 3 nitrogen and oxygen atoms in total. The van der Waals surface area contributed by atoms with Crippen molar-refractivity contribution < 1.29 is 8.80 Å². The summed E-state index contributed by atoms with van der Waals surface area (Å²) >= 11 is 13.4. The molecule has 0 aromatic heterocycles. The van der Waals surface area contributed by atoms with Crippen molar-refractivity contribution in [2.45, 2.75) is 69.5 Å². The summed E-state index contributed by atoms with van der Waals surface area (Å²) in [5.41, 5.74) is -0.332. The molecular weight excluding hydrogens is 271 g/mol. The van der Waals surface area contributed by atoms with Gasteiger partial charge in [0.1, 0.15) is 12.6 Å². The lowest BCUT2D eigenvalue weighted by atomic mass is 9.93. The molecule has 3 rings (SSSR count). The molecule has 3 unspecified atom stereocenters. The molecule has 0 saturated carbocycles. The molecule has 0 aliphatic carbocycles. The van der Waals surface area contributed by atoms with E-state index >= 15 is 0 Å². The number of hydrogen-bond acceptors (Lipinski definition) is 2. The number of fused-ring (bicyclic) bond motifs is 1. The highest BCUT2D eigenvalue weighted by Gasteiger charge is 2.69. The Kier molecular flexibility index (Phi) is 3.38. The van der Waals surface area contributed by atoms with Crippen molar-refractivity contribution in [2.75, 3.05) is 6.54 Å². The molecule has 102 valence electrons. The zero-order valence-corrected chi connectivity index (χ0v) is 12.2. The SMILES string of the molecule is O=C1C2CCCCCC3(CCCCC[N+]13Cl)N2Cl. The molecule has 3 saturated heterocycles. The fraction of sp³-hybridized carbons (Fsp3) is 0.923. The molecular formula is C13H21Cl2N2O+. The van der Waals surface area contributed by atoms with Gasteiger partial charge in [-0.2, -0.15) is 0 Å². The van der Waals surface area contributed by atoms with Crippen LogP contribution < -0.4 is 0 Å². The third-order valence-electron chi connectivity index (χ3n) is 5.06. The van der Waals surface area contributed by atoms with Crippen LogP contribution in [-0.4, -0.2) is 32.6 Å². The Morgan fingerprint density at radius 2 is 1.78 bits per heavy atom. The summed E-state index contributed by atoms with van der Waals surface area (Å²) < 4.78 is 1.88. The molecule has 0 aromatic rings. The van der Waals surface area contributed by atoms with Crippen molar-refractivity contribution in [3.8, 4) is 0 Å². The second-order valence-corrected chi connectivity index (χ2v) is 6.94. The Bertz CT molecular complexity index is 365. The average molecular weight is 292 g/mol. The van der Waals surface area contributed by atoms with Crippen molar-refractivity contribution in [3.05, 3.63) is 0 Å². The van der Waals surface area contributed by atoms with Gasteiger partial charge in [-0.05, 0) is 43.9 Å². The van der Waals surface area contributed by atoms with Gasteiger partial charge in [0.15, 0.2) is 17.4 Å². The van der Waals surface area contributed by atoms with Crippen molar-refractivity contribution in [1.82, 2.24) is 4.42 Å². The minimum absolute atomic E-state index is 0.0567. The zero-order chi connectivity index (χ0) is 12.8. The summed E-state index contributed by atoms with van der Waals surface area (Å²) in [4.78, 5) is 12.7. The minimum Gasteiger partial charge on any atom is -0.227 e. The Hall–Kier alpha value is 0.170. The van der Waals surface area contributed by atoms with Crippen molar-refractivity contribution in [3.63, 3.8) is 0 Å². The number of carbonyl (C=O) groups excluding carboxylic acids is 1. The molecule has 2 bridgehead atoms. The summed E-state index contributed by atoms with van der Waals surface area (Å²) in [6.45, 7) is 0.750. The minimum atomic E-state index is -0.332. The number of nitrogens with zero attached hydrogens (tertiary/aromatic N) is 2. The monoisotopic (exact) mass is 291 g/mol. The fourth-order valence-corrected chi connectivity index (χ4v) is 5.07. The van der Waals surface area contributed by atoms with E-state index in [0.29, 0.717) is 0 Å². The van der Waals surface area contributed by atoms with Crippen LogP contribution in [0.25, 0.3) is 0 Å². The first-order valence-electron chi connectivity index (χ1n) is 7.19. The fourth-order valence-electron chi connectivity index (χ4n) is 4.07. The molecule has 0 N–H and O–H groups in total. The molecule has 3 fully saturated rings. The second-order valence-electron chi connectivity index (χ2n) is 6.00. The van der Waals surface area contributed by atoms with E-state index in [1.807, 2.05) is 4.42 Å². The first-order chi connectivity index (χ1) is 8.62. The van der Waals surface area contributed by atoms with E-state index in [2.05, 4.69) is 0 Å².